The number of carboxylic acid groups (broad SMARTS) is 1. The Kier molecular flexibility index (Phi) is 2.50. The highest BCUT2D eigenvalue weighted by molar-refractivity contribution is 6.31. The van der Waals surface area contributed by atoms with Crippen molar-refractivity contribution in [1.82, 2.24) is 9.78 Å². The third-order valence-electron chi connectivity index (χ3n) is 1.19. The molecule has 1 aromatic heterocycles. The molecule has 12 heavy (non-hydrogen) atoms. The summed E-state index contributed by atoms with van der Waals surface area (Å²) in [5, 5.41) is 12.7. The van der Waals surface area contributed by atoms with Gasteiger partial charge in [0.1, 0.15) is 5.69 Å². The topological polar surface area (TPSA) is 55.1 Å². The lowest BCUT2D eigenvalue weighted by molar-refractivity contribution is -0.131. The van der Waals surface area contributed by atoms with Crippen molar-refractivity contribution in [3.8, 4) is 0 Å². The number of carbonyl (C=O) groups is 1. The molecule has 1 aromatic rings. The van der Waals surface area contributed by atoms with E-state index in [0.717, 1.165) is 6.08 Å². The summed E-state index contributed by atoms with van der Waals surface area (Å²) in [4.78, 5) is 10.1. The number of rotatable bonds is 2. The molecule has 4 nitrogen and oxygen atoms in total. The Labute approximate surface area is 74.1 Å². The summed E-state index contributed by atoms with van der Waals surface area (Å²) in [5.74, 6) is -1.02. The van der Waals surface area contributed by atoms with E-state index in [9.17, 15) is 4.79 Å². The van der Waals surface area contributed by atoms with Crippen molar-refractivity contribution in [3.63, 3.8) is 0 Å². The third-order valence-corrected chi connectivity index (χ3v) is 1.49. The molecule has 0 radical (unpaired) electrons. The van der Waals surface area contributed by atoms with E-state index in [1.807, 2.05) is 0 Å². The fourth-order valence-corrected chi connectivity index (χ4v) is 0.982. The Morgan fingerprint density at radius 1 is 1.83 bits per heavy atom. The molecule has 0 unspecified atom stereocenters. The molecule has 0 fully saturated rings. The molecule has 0 atom stereocenters. The van der Waals surface area contributed by atoms with Crippen molar-refractivity contribution in [3.05, 3.63) is 23.0 Å². The molecule has 0 bridgehead atoms. The number of nitrogens with zero attached hydrogens (tertiary/aromatic N) is 2. The smallest absolute Gasteiger partial charge is 0.328 e. The molecule has 0 aliphatic heterocycles. The molecule has 64 valence electrons. The normalized spacial score (nSPS) is 10.8. The summed E-state index contributed by atoms with van der Waals surface area (Å²) in [5.41, 5.74) is 0.460. The highest BCUT2D eigenvalue weighted by atomic mass is 35.5. The number of aromatic nitrogens is 2. The maximum Gasteiger partial charge on any atom is 0.328 e. The summed E-state index contributed by atoms with van der Waals surface area (Å²) in [6, 6.07) is 0. The van der Waals surface area contributed by atoms with Crippen molar-refractivity contribution < 1.29 is 9.90 Å². The van der Waals surface area contributed by atoms with Gasteiger partial charge in [0.15, 0.2) is 0 Å². The Hall–Kier alpha value is -1.29. The fraction of sp³-hybridized carbons (Fsp3) is 0.143. The molecule has 0 aromatic carbocycles. The van der Waals surface area contributed by atoms with Crippen molar-refractivity contribution in [2.24, 2.45) is 7.05 Å². The van der Waals surface area contributed by atoms with Crippen LogP contribution in [0.4, 0.5) is 0 Å². The maximum absolute atomic E-state index is 10.1. The molecule has 0 saturated heterocycles. The van der Waals surface area contributed by atoms with Gasteiger partial charge < -0.3 is 5.11 Å². The van der Waals surface area contributed by atoms with Gasteiger partial charge in [-0.2, -0.15) is 5.10 Å². The van der Waals surface area contributed by atoms with Gasteiger partial charge in [0, 0.05) is 19.3 Å². The lowest BCUT2D eigenvalue weighted by Crippen LogP contribution is -1.88. The maximum atomic E-state index is 10.1. The summed E-state index contributed by atoms with van der Waals surface area (Å²) in [6.07, 6.45) is 3.95. The van der Waals surface area contributed by atoms with Crippen LogP contribution in [0.3, 0.4) is 0 Å². The van der Waals surface area contributed by atoms with Gasteiger partial charge in [0.25, 0.3) is 0 Å². The number of hydrogen-bond acceptors (Lipinski definition) is 2. The molecule has 1 heterocycles. The molecule has 0 aliphatic rings. The molecular formula is C7H7ClN2O2. The van der Waals surface area contributed by atoms with Crippen LogP contribution < -0.4 is 0 Å². The second-order valence-corrected chi connectivity index (χ2v) is 2.61. The van der Waals surface area contributed by atoms with E-state index in [1.54, 1.807) is 13.2 Å². The average Bonchev–Trinajstić information content (AvgIpc) is 2.26. The van der Waals surface area contributed by atoms with Crippen LogP contribution in [0.2, 0.25) is 5.02 Å². The minimum atomic E-state index is -1.02. The van der Waals surface area contributed by atoms with Crippen LogP contribution in [0.15, 0.2) is 12.3 Å². The van der Waals surface area contributed by atoms with Crippen LogP contribution in [-0.4, -0.2) is 20.9 Å². The van der Waals surface area contributed by atoms with E-state index in [2.05, 4.69) is 5.10 Å². The lowest BCUT2D eigenvalue weighted by Gasteiger charge is -1.83. The van der Waals surface area contributed by atoms with Gasteiger partial charge in [-0.05, 0) is 6.08 Å². The average molecular weight is 187 g/mol. The standard InChI is InChI=1S/C7H7ClN2O2/c1-10-4-5(8)6(9-10)2-3-7(11)12/h2-4H,1H3,(H,11,12)/b3-2+. The van der Waals surface area contributed by atoms with Crippen molar-refractivity contribution in [2.45, 2.75) is 0 Å². The van der Waals surface area contributed by atoms with Crippen LogP contribution in [0, 0.1) is 0 Å². The molecule has 1 N–H and O–H groups in total. The molecule has 1 rings (SSSR count). The predicted molar refractivity (Wildman–Crippen MR) is 44.9 cm³/mol. The number of aryl methyl sites for hydroxylation is 1. The second kappa shape index (κ2) is 3.40. The van der Waals surface area contributed by atoms with Crippen molar-refractivity contribution in [1.29, 1.82) is 0 Å². The Morgan fingerprint density at radius 2 is 2.50 bits per heavy atom. The van der Waals surface area contributed by atoms with E-state index in [4.69, 9.17) is 16.7 Å². The fourth-order valence-electron chi connectivity index (χ4n) is 0.740. The van der Waals surface area contributed by atoms with Crippen LogP contribution in [0.1, 0.15) is 5.69 Å². The molecule has 0 amide bonds. The van der Waals surface area contributed by atoms with Gasteiger partial charge in [-0.1, -0.05) is 11.6 Å². The van der Waals surface area contributed by atoms with Gasteiger partial charge >= 0.3 is 5.97 Å². The molecule has 5 heteroatoms. The van der Waals surface area contributed by atoms with Gasteiger partial charge in [0.2, 0.25) is 0 Å². The third kappa shape index (κ3) is 2.10. The molecule has 0 aliphatic carbocycles. The monoisotopic (exact) mass is 186 g/mol. The Bertz CT molecular complexity index is 330. The Balaban J connectivity index is 2.89. The zero-order valence-corrected chi connectivity index (χ0v) is 7.12. The van der Waals surface area contributed by atoms with E-state index < -0.39 is 5.97 Å². The van der Waals surface area contributed by atoms with Gasteiger partial charge in [0.05, 0.1) is 5.02 Å². The van der Waals surface area contributed by atoms with Gasteiger partial charge in [-0.3, -0.25) is 4.68 Å². The largest absolute Gasteiger partial charge is 0.478 e. The number of halogens is 1. The number of carboxylic acids is 1. The lowest BCUT2D eigenvalue weighted by atomic mass is 10.4. The number of aliphatic carboxylic acids is 1. The zero-order chi connectivity index (χ0) is 9.14. The van der Waals surface area contributed by atoms with E-state index >= 15 is 0 Å². The van der Waals surface area contributed by atoms with E-state index in [1.165, 1.54) is 10.8 Å². The quantitative estimate of drug-likeness (QED) is 0.706. The zero-order valence-electron chi connectivity index (χ0n) is 6.36. The van der Waals surface area contributed by atoms with Crippen molar-refractivity contribution in [2.75, 3.05) is 0 Å². The summed E-state index contributed by atoms with van der Waals surface area (Å²) in [7, 11) is 1.71. The van der Waals surface area contributed by atoms with E-state index in [-0.39, 0.29) is 0 Å². The first-order chi connectivity index (χ1) is 5.59. The Morgan fingerprint density at radius 3 is 2.92 bits per heavy atom. The SMILES string of the molecule is Cn1cc(Cl)c(/C=C/C(=O)O)n1. The van der Waals surface area contributed by atoms with Crippen molar-refractivity contribution >= 4 is 23.6 Å². The van der Waals surface area contributed by atoms with Crippen LogP contribution in [0.25, 0.3) is 6.08 Å². The minimum absolute atomic E-state index is 0.440. The highest BCUT2D eigenvalue weighted by Gasteiger charge is 2.00. The second-order valence-electron chi connectivity index (χ2n) is 2.21. The molecule has 0 saturated carbocycles. The van der Waals surface area contributed by atoms with Crippen LogP contribution >= 0.6 is 11.6 Å². The molecular weight excluding hydrogens is 180 g/mol. The van der Waals surface area contributed by atoms with Gasteiger partial charge in [-0.15, -0.1) is 0 Å². The highest BCUT2D eigenvalue weighted by Crippen LogP contribution is 2.14. The summed E-state index contributed by atoms with van der Waals surface area (Å²) < 4.78 is 1.52. The summed E-state index contributed by atoms with van der Waals surface area (Å²) >= 11 is 5.70. The first-order valence-electron chi connectivity index (χ1n) is 3.20. The van der Waals surface area contributed by atoms with E-state index in [0.29, 0.717) is 10.7 Å². The first-order valence-corrected chi connectivity index (χ1v) is 3.57. The van der Waals surface area contributed by atoms with Crippen LogP contribution in [-0.2, 0) is 11.8 Å². The molecule has 0 spiro atoms. The minimum Gasteiger partial charge on any atom is -0.478 e. The summed E-state index contributed by atoms with van der Waals surface area (Å²) in [6.45, 7) is 0. The van der Waals surface area contributed by atoms with Gasteiger partial charge in [-0.25, -0.2) is 4.79 Å². The first kappa shape index (κ1) is 8.80. The number of hydrogen-bond donors (Lipinski definition) is 1. The predicted octanol–water partition coefficient (Wildman–Crippen LogP) is 1.17. The van der Waals surface area contributed by atoms with Crippen LogP contribution in [0.5, 0.6) is 0 Å².